The van der Waals surface area contributed by atoms with Gasteiger partial charge in [-0.15, -0.1) is 0 Å². The Balaban J connectivity index is 2.30. The van der Waals surface area contributed by atoms with Crippen LogP contribution in [0.4, 0.5) is 0 Å². The maximum Gasteiger partial charge on any atom is 0.0990 e. The second-order valence-electron chi connectivity index (χ2n) is 4.66. The number of hydrogen-bond donors (Lipinski definition) is 0. The van der Waals surface area contributed by atoms with Crippen LogP contribution in [0.1, 0.15) is 40.0 Å². The van der Waals surface area contributed by atoms with Crippen LogP contribution in [0, 0.1) is 5.92 Å². The van der Waals surface area contributed by atoms with Crippen LogP contribution in [-0.4, -0.2) is 30.4 Å². The predicted molar refractivity (Wildman–Crippen MR) is 67.4 cm³/mol. The van der Waals surface area contributed by atoms with Gasteiger partial charge in [-0.3, -0.25) is 9.89 Å². The van der Waals surface area contributed by atoms with Crippen molar-refractivity contribution in [3.8, 4) is 0 Å². The highest BCUT2D eigenvalue weighted by molar-refractivity contribution is 5.71. The Bertz CT molecular complexity index is 213. The Morgan fingerprint density at radius 3 is 2.33 bits per heavy atom. The van der Waals surface area contributed by atoms with E-state index in [0.717, 1.165) is 0 Å². The van der Waals surface area contributed by atoms with Crippen LogP contribution >= 0.6 is 0 Å². The van der Waals surface area contributed by atoms with Crippen LogP contribution in [0.2, 0.25) is 0 Å². The summed E-state index contributed by atoms with van der Waals surface area (Å²) in [5, 5.41) is 0. The van der Waals surface area contributed by atoms with Crippen molar-refractivity contribution in [2.75, 3.05) is 13.1 Å². The first kappa shape index (κ1) is 12.4. The van der Waals surface area contributed by atoms with Crippen molar-refractivity contribution in [3.05, 3.63) is 12.2 Å². The largest absolute Gasteiger partial charge is 0.282 e. The van der Waals surface area contributed by atoms with Crippen LogP contribution in [0.25, 0.3) is 0 Å². The molecular weight excluding hydrogens is 184 g/mol. The first-order valence-corrected chi connectivity index (χ1v) is 6.14. The normalized spacial score (nSPS) is 21.9. The average molecular weight is 208 g/mol. The molecule has 2 nitrogen and oxygen atoms in total. The van der Waals surface area contributed by atoms with Crippen molar-refractivity contribution < 1.29 is 0 Å². The van der Waals surface area contributed by atoms with Gasteiger partial charge >= 0.3 is 0 Å². The minimum absolute atomic E-state index is 0.349. The van der Waals surface area contributed by atoms with Gasteiger partial charge in [0.15, 0.2) is 0 Å². The molecule has 86 valence electrons. The van der Waals surface area contributed by atoms with Gasteiger partial charge in [0.2, 0.25) is 0 Å². The Morgan fingerprint density at radius 2 is 1.73 bits per heavy atom. The van der Waals surface area contributed by atoms with E-state index in [1.807, 2.05) is 6.21 Å². The minimum Gasteiger partial charge on any atom is -0.282 e. The number of piperidine rings is 1. The summed E-state index contributed by atoms with van der Waals surface area (Å²) in [5.41, 5.74) is 0. The second kappa shape index (κ2) is 6.78. The molecule has 0 radical (unpaired) electrons. The van der Waals surface area contributed by atoms with Crippen LogP contribution in [0.15, 0.2) is 17.1 Å². The molecule has 0 aromatic heterocycles. The summed E-state index contributed by atoms with van der Waals surface area (Å²) in [7, 11) is 0. The third-order valence-electron chi connectivity index (χ3n) is 2.80. The van der Waals surface area contributed by atoms with Gasteiger partial charge in [0.1, 0.15) is 0 Å². The zero-order valence-electron chi connectivity index (χ0n) is 10.3. The molecule has 0 spiro atoms. The van der Waals surface area contributed by atoms with Gasteiger partial charge in [-0.2, -0.15) is 0 Å². The molecule has 0 amide bonds. The molecule has 1 aliphatic rings. The Kier molecular flexibility index (Phi) is 5.62. The molecule has 0 bridgehead atoms. The highest BCUT2D eigenvalue weighted by atomic mass is 15.2. The van der Waals surface area contributed by atoms with Crippen LogP contribution in [-0.2, 0) is 0 Å². The van der Waals surface area contributed by atoms with Gasteiger partial charge in [0.25, 0.3) is 0 Å². The van der Waals surface area contributed by atoms with Crippen molar-refractivity contribution in [3.63, 3.8) is 0 Å². The monoisotopic (exact) mass is 208 g/mol. The fraction of sp³-hybridized carbons (Fsp3) is 0.769. The quantitative estimate of drug-likeness (QED) is 0.648. The zero-order valence-corrected chi connectivity index (χ0v) is 10.3. The van der Waals surface area contributed by atoms with E-state index in [4.69, 9.17) is 0 Å². The maximum atomic E-state index is 4.53. The maximum absolute atomic E-state index is 4.53. The van der Waals surface area contributed by atoms with Crippen LogP contribution in [0.3, 0.4) is 0 Å². The summed E-state index contributed by atoms with van der Waals surface area (Å²) in [6, 6.07) is 0. The molecule has 15 heavy (non-hydrogen) atoms. The van der Waals surface area contributed by atoms with E-state index in [2.05, 4.69) is 42.8 Å². The number of allylic oxidation sites excluding steroid dienone is 2. The third kappa shape index (κ3) is 5.12. The Morgan fingerprint density at radius 1 is 1.07 bits per heavy atom. The third-order valence-corrected chi connectivity index (χ3v) is 2.80. The molecule has 1 saturated heterocycles. The topological polar surface area (TPSA) is 15.6 Å². The molecule has 0 N–H and O–H groups in total. The molecule has 1 aliphatic heterocycles. The zero-order chi connectivity index (χ0) is 11.1. The van der Waals surface area contributed by atoms with Gasteiger partial charge in [0.05, 0.1) is 6.17 Å². The smallest absolute Gasteiger partial charge is 0.0990 e. The van der Waals surface area contributed by atoms with Crippen molar-refractivity contribution in [1.82, 2.24) is 4.90 Å². The summed E-state index contributed by atoms with van der Waals surface area (Å²) in [5.74, 6) is 0.613. The first-order chi connectivity index (χ1) is 7.20. The Hall–Kier alpha value is -0.630. The first-order valence-electron chi connectivity index (χ1n) is 6.14. The van der Waals surface area contributed by atoms with Crippen molar-refractivity contribution in [1.29, 1.82) is 0 Å². The lowest BCUT2D eigenvalue weighted by molar-refractivity contribution is 0.179. The summed E-state index contributed by atoms with van der Waals surface area (Å²) >= 11 is 0. The van der Waals surface area contributed by atoms with Crippen molar-refractivity contribution in [2.45, 2.75) is 46.2 Å². The van der Waals surface area contributed by atoms with E-state index in [0.29, 0.717) is 12.1 Å². The number of likely N-dealkylation sites (tertiary alicyclic amines) is 1. The molecule has 0 saturated carbocycles. The van der Waals surface area contributed by atoms with E-state index in [-0.39, 0.29) is 0 Å². The van der Waals surface area contributed by atoms with Gasteiger partial charge in [-0.25, -0.2) is 0 Å². The van der Waals surface area contributed by atoms with Crippen LogP contribution < -0.4 is 0 Å². The molecular formula is C13H24N2. The summed E-state index contributed by atoms with van der Waals surface area (Å²) in [4.78, 5) is 7.00. The number of aliphatic imine (C=N–C) groups is 1. The van der Waals surface area contributed by atoms with E-state index in [1.54, 1.807) is 0 Å². The Labute approximate surface area is 94.1 Å². The second-order valence-corrected chi connectivity index (χ2v) is 4.66. The lowest BCUT2D eigenvalue weighted by Crippen LogP contribution is -2.36. The van der Waals surface area contributed by atoms with Gasteiger partial charge in [-0.05, 0) is 31.8 Å². The standard InChI is InChI=1S/C13H24N2/c1-12(2)8-7-9-14-13(3)15-10-5-4-6-11-15/h7-9,12-13H,4-6,10-11H2,1-3H3/b8-7-,14-9-. The molecule has 1 heterocycles. The summed E-state index contributed by atoms with van der Waals surface area (Å²) in [6.45, 7) is 8.97. The van der Waals surface area contributed by atoms with Gasteiger partial charge in [0, 0.05) is 19.3 Å². The van der Waals surface area contributed by atoms with E-state index < -0.39 is 0 Å². The fourth-order valence-corrected chi connectivity index (χ4v) is 1.83. The van der Waals surface area contributed by atoms with Crippen molar-refractivity contribution in [2.24, 2.45) is 10.9 Å². The molecule has 1 rings (SSSR count). The molecule has 2 heteroatoms. The SMILES string of the molecule is CC(C)/C=C\C=N/C(C)N1CCCCC1. The molecule has 1 atom stereocenters. The fourth-order valence-electron chi connectivity index (χ4n) is 1.83. The lowest BCUT2D eigenvalue weighted by atomic mass is 10.1. The van der Waals surface area contributed by atoms with Crippen LogP contribution in [0.5, 0.6) is 0 Å². The highest BCUT2D eigenvalue weighted by Gasteiger charge is 2.14. The van der Waals surface area contributed by atoms with E-state index in [1.165, 1.54) is 32.4 Å². The molecule has 1 fully saturated rings. The summed E-state index contributed by atoms with van der Waals surface area (Å²) < 4.78 is 0. The minimum atomic E-state index is 0.349. The van der Waals surface area contributed by atoms with E-state index >= 15 is 0 Å². The highest BCUT2D eigenvalue weighted by Crippen LogP contribution is 2.12. The van der Waals surface area contributed by atoms with Gasteiger partial charge in [-0.1, -0.05) is 26.3 Å². The van der Waals surface area contributed by atoms with Gasteiger partial charge < -0.3 is 0 Å². The van der Waals surface area contributed by atoms with E-state index in [9.17, 15) is 0 Å². The molecule has 1 unspecified atom stereocenters. The number of rotatable bonds is 4. The lowest BCUT2D eigenvalue weighted by Gasteiger charge is -2.29. The number of nitrogens with zero attached hydrogens (tertiary/aromatic N) is 2. The molecule has 0 aromatic rings. The number of hydrogen-bond acceptors (Lipinski definition) is 2. The predicted octanol–water partition coefficient (Wildman–Crippen LogP) is 3.10. The average Bonchev–Trinajstić information content (AvgIpc) is 2.25. The molecule has 0 aliphatic carbocycles. The summed E-state index contributed by atoms with van der Waals surface area (Å²) in [6.07, 6.45) is 10.6. The molecule has 0 aromatic carbocycles. The van der Waals surface area contributed by atoms with Crippen molar-refractivity contribution >= 4 is 6.21 Å².